The summed E-state index contributed by atoms with van der Waals surface area (Å²) in [6, 6.07) is 22.8. The molecule has 6 nitrogen and oxygen atoms in total. The highest BCUT2D eigenvalue weighted by atomic mass is 35.5. The number of carbonyl (C=O) groups is 1. The zero-order valence-electron chi connectivity index (χ0n) is 16.6. The van der Waals surface area contributed by atoms with Crippen LogP contribution in [0.15, 0.2) is 85.5 Å². The fourth-order valence-electron chi connectivity index (χ4n) is 3.22. The highest BCUT2D eigenvalue weighted by molar-refractivity contribution is 6.30. The van der Waals surface area contributed by atoms with Crippen molar-refractivity contribution >= 4 is 17.6 Å². The minimum absolute atomic E-state index is 0.362. The predicted molar refractivity (Wildman–Crippen MR) is 119 cm³/mol. The van der Waals surface area contributed by atoms with Crippen LogP contribution in [-0.2, 0) is 11.2 Å². The molecule has 0 fully saturated rings. The van der Waals surface area contributed by atoms with Crippen LogP contribution in [0.1, 0.15) is 12.0 Å². The first-order valence-corrected chi connectivity index (χ1v) is 10.2. The Balaban J connectivity index is 1.37. The van der Waals surface area contributed by atoms with Crippen molar-refractivity contribution in [1.82, 2.24) is 14.8 Å². The van der Waals surface area contributed by atoms with Crippen molar-refractivity contribution in [2.75, 3.05) is 0 Å². The van der Waals surface area contributed by atoms with Crippen LogP contribution in [0.2, 0.25) is 5.02 Å². The van der Waals surface area contributed by atoms with Gasteiger partial charge in [-0.15, -0.1) is 0 Å². The summed E-state index contributed by atoms with van der Waals surface area (Å²) in [5, 5.41) is 14.3. The van der Waals surface area contributed by atoms with E-state index in [0.29, 0.717) is 23.6 Å². The summed E-state index contributed by atoms with van der Waals surface area (Å²) in [4.78, 5) is 15.6. The third-order valence-corrected chi connectivity index (χ3v) is 5.15. The normalized spacial score (nSPS) is 11.8. The molecule has 4 rings (SSSR count). The summed E-state index contributed by atoms with van der Waals surface area (Å²) >= 11 is 5.94. The molecule has 0 spiro atoms. The molecule has 0 amide bonds. The third-order valence-electron chi connectivity index (χ3n) is 4.90. The number of carboxylic acid groups (broad SMARTS) is 1. The molecular weight excluding hydrogens is 414 g/mol. The van der Waals surface area contributed by atoms with Gasteiger partial charge < -0.3 is 9.84 Å². The first kappa shape index (κ1) is 20.6. The highest BCUT2D eigenvalue weighted by Gasteiger charge is 2.19. The number of rotatable bonds is 8. The van der Waals surface area contributed by atoms with Crippen LogP contribution in [0.3, 0.4) is 0 Å². The Morgan fingerprint density at radius 2 is 1.61 bits per heavy atom. The van der Waals surface area contributed by atoms with E-state index in [-0.39, 0.29) is 0 Å². The third kappa shape index (κ3) is 5.29. The second-order valence-corrected chi connectivity index (χ2v) is 7.46. The number of ether oxygens (including phenoxy) is 1. The van der Waals surface area contributed by atoms with Gasteiger partial charge in [0.05, 0.1) is 5.69 Å². The fraction of sp³-hybridized carbons (Fsp3) is 0.125. The Hall–Kier alpha value is -3.64. The number of hydrogen-bond acceptors (Lipinski definition) is 4. The minimum atomic E-state index is -0.988. The van der Waals surface area contributed by atoms with Gasteiger partial charge in [-0.3, -0.25) is 0 Å². The predicted octanol–water partition coefficient (Wildman–Crippen LogP) is 5.05. The van der Waals surface area contributed by atoms with Crippen LogP contribution in [0.5, 0.6) is 5.75 Å². The van der Waals surface area contributed by atoms with E-state index in [1.54, 1.807) is 35.3 Å². The van der Waals surface area contributed by atoms with Crippen LogP contribution in [0, 0.1) is 0 Å². The standard InChI is InChI=1S/C24H20ClN3O3/c25-20-8-6-19(7-9-20)18-4-1-17(2-5-18)3-14-23(24(29)30)31-22-12-10-21(11-13-22)28-16-26-15-27-28/h1-2,4-13,15-16,23H,3,14H2,(H,29,30). The molecule has 0 saturated carbocycles. The van der Waals surface area contributed by atoms with Crippen molar-refractivity contribution in [3.05, 3.63) is 96.0 Å². The van der Waals surface area contributed by atoms with E-state index in [1.807, 2.05) is 48.5 Å². The number of carboxylic acids is 1. The van der Waals surface area contributed by atoms with Crippen molar-refractivity contribution in [2.45, 2.75) is 18.9 Å². The summed E-state index contributed by atoms with van der Waals surface area (Å²) in [5.41, 5.74) is 4.03. The number of hydrogen-bond donors (Lipinski definition) is 1. The van der Waals surface area contributed by atoms with Crippen molar-refractivity contribution < 1.29 is 14.6 Å². The molecule has 1 atom stereocenters. The maximum Gasteiger partial charge on any atom is 0.344 e. The molecule has 0 aliphatic carbocycles. The average Bonchev–Trinajstić information content (AvgIpc) is 3.33. The maximum absolute atomic E-state index is 11.7. The second kappa shape index (κ2) is 9.45. The van der Waals surface area contributed by atoms with Gasteiger partial charge in [-0.05, 0) is 65.9 Å². The molecule has 1 unspecified atom stereocenters. The molecule has 3 aromatic carbocycles. The quantitative estimate of drug-likeness (QED) is 0.420. The van der Waals surface area contributed by atoms with Gasteiger partial charge in [0.25, 0.3) is 0 Å². The van der Waals surface area contributed by atoms with Crippen LogP contribution in [-0.4, -0.2) is 31.9 Å². The molecule has 0 bridgehead atoms. The molecule has 156 valence electrons. The minimum Gasteiger partial charge on any atom is -0.479 e. The van der Waals surface area contributed by atoms with Gasteiger partial charge in [0, 0.05) is 5.02 Å². The van der Waals surface area contributed by atoms with E-state index >= 15 is 0 Å². The van der Waals surface area contributed by atoms with Gasteiger partial charge in [-0.2, -0.15) is 5.10 Å². The molecule has 31 heavy (non-hydrogen) atoms. The lowest BCUT2D eigenvalue weighted by atomic mass is 10.0. The Morgan fingerprint density at radius 1 is 0.968 bits per heavy atom. The molecule has 1 N–H and O–H groups in total. The lowest BCUT2D eigenvalue weighted by Crippen LogP contribution is -2.27. The summed E-state index contributed by atoms with van der Waals surface area (Å²) in [6.45, 7) is 0. The van der Waals surface area contributed by atoms with Crippen LogP contribution >= 0.6 is 11.6 Å². The van der Waals surface area contributed by atoms with E-state index < -0.39 is 12.1 Å². The number of halogens is 1. The Labute approximate surface area is 184 Å². The van der Waals surface area contributed by atoms with Crippen molar-refractivity contribution in [2.24, 2.45) is 0 Å². The van der Waals surface area contributed by atoms with Crippen LogP contribution in [0.4, 0.5) is 0 Å². The monoisotopic (exact) mass is 433 g/mol. The van der Waals surface area contributed by atoms with Gasteiger partial charge in [0.15, 0.2) is 6.10 Å². The van der Waals surface area contributed by atoms with Gasteiger partial charge in [0.1, 0.15) is 18.4 Å². The summed E-state index contributed by atoms with van der Waals surface area (Å²) in [6.07, 6.45) is 3.06. The van der Waals surface area contributed by atoms with E-state index in [0.717, 1.165) is 22.4 Å². The van der Waals surface area contributed by atoms with Gasteiger partial charge in [-0.1, -0.05) is 48.0 Å². The van der Waals surface area contributed by atoms with E-state index in [1.165, 1.54) is 6.33 Å². The van der Waals surface area contributed by atoms with E-state index in [4.69, 9.17) is 16.3 Å². The first-order chi connectivity index (χ1) is 15.1. The molecule has 7 heteroatoms. The van der Waals surface area contributed by atoms with Crippen LogP contribution < -0.4 is 4.74 Å². The smallest absolute Gasteiger partial charge is 0.344 e. The van der Waals surface area contributed by atoms with Crippen molar-refractivity contribution in [1.29, 1.82) is 0 Å². The molecule has 0 aliphatic rings. The van der Waals surface area contributed by atoms with Gasteiger partial charge in [0.2, 0.25) is 0 Å². The highest BCUT2D eigenvalue weighted by Crippen LogP contribution is 2.23. The zero-order chi connectivity index (χ0) is 21.6. The topological polar surface area (TPSA) is 77.2 Å². The zero-order valence-corrected chi connectivity index (χ0v) is 17.3. The molecule has 0 saturated heterocycles. The Kier molecular flexibility index (Phi) is 6.29. The summed E-state index contributed by atoms with van der Waals surface area (Å²) in [7, 11) is 0. The molecule has 1 aromatic heterocycles. The number of nitrogens with zero attached hydrogens (tertiary/aromatic N) is 3. The van der Waals surface area contributed by atoms with Gasteiger partial charge in [-0.25, -0.2) is 14.5 Å². The first-order valence-electron chi connectivity index (χ1n) is 9.78. The number of aryl methyl sites for hydroxylation is 1. The molecule has 4 aromatic rings. The lowest BCUT2D eigenvalue weighted by Gasteiger charge is -2.15. The van der Waals surface area contributed by atoms with E-state index in [2.05, 4.69) is 10.1 Å². The molecule has 1 heterocycles. The largest absolute Gasteiger partial charge is 0.479 e. The number of aliphatic carboxylic acids is 1. The summed E-state index contributed by atoms with van der Waals surface area (Å²) < 4.78 is 7.33. The van der Waals surface area contributed by atoms with Crippen LogP contribution in [0.25, 0.3) is 16.8 Å². The second-order valence-electron chi connectivity index (χ2n) is 7.02. The summed E-state index contributed by atoms with van der Waals surface area (Å²) in [5.74, 6) is -0.493. The molecule has 0 radical (unpaired) electrons. The maximum atomic E-state index is 11.7. The van der Waals surface area contributed by atoms with E-state index in [9.17, 15) is 9.90 Å². The van der Waals surface area contributed by atoms with Crippen molar-refractivity contribution in [3.8, 4) is 22.6 Å². The average molecular weight is 434 g/mol. The number of aromatic nitrogens is 3. The van der Waals surface area contributed by atoms with Crippen molar-refractivity contribution in [3.63, 3.8) is 0 Å². The fourth-order valence-corrected chi connectivity index (χ4v) is 3.35. The molecular formula is C24H20ClN3O3. The molecule has 0 aliphatic heterocycles. The lowest BCUT2D eigenvalue weighted by molar-refractivity contribution is -0.145. The number of benzene rings is 3. The SMILES string of the molecule is O=C(O)C(CCc1ccc(-c2ccc(Cl)cc2)cc1)Oc1ccc(-n2cncn2)cc1. The van der Waals surface area contributed by atoms with Gasteiger partial charge >= 0.3 is 5.97 Å². The Morgan fingerprint density at radius 3 is 2.19 bits per heavy atom. The Bertz CT molecular complexity index is 1130.